The van der Waals surface area contributed by atoms with E-state index in [2.05, 4.69) is 21.2 Å². The Hall–Kier alpha value is -0.440. The largest absolute Gasteiger partial charge is 0.351 e. The van der Waals surface area contributed by atoms with Gasteiger partial charge >= 0.3 is 0 Å². The summed E-state index contributed by atoms with van der Waals surface area (Å²) in [6.07, 6.45) is 8.62. The van der Waals surface area contributed by atoms with Gasteiger partial charge in [0.2, 0.25) is 10.0 Å². The summed E-state index contributed by atoms with van der Waals surface area (Å²) in [5, 5.41) is 8.04. The van der Waals surface area contributed by atoms with E-state index in [0.717, 1.165) is 24.2 Å². The summed E-state index contributed by atoms with van der Waals surface area (Å²) in [6.45, 7) is 0.652. The number of halogens is 1. The van der Waals surface area contributed by atoms with Gasteiger partial charge in [0, 0.05) is 6.54 Å². The molecule has 0 bridgehead atoms. The van der Waals surface area contributed by atoms with Crippen LogP contribution < -0.4 is 10.5 Å². The van der Waals surface area contributed by atoms with E-state index < -0.39 is 10.0 Å². The summed E-state index contributed by atoms with van der Waals surface area (Å²) in [4.78, 5) is 12.5. The average molecular weight is 409 g/mol. The first-order chi connectivity index (χ1) is 10.4. The van der Waals surface area contributed by atoms with E-state index in [4.69, 9.17) is 5.14 Å². The lowest BCUT2D eigenvalue weighted by atomic mass is 9.91. The number of amides is 1. The molecular weight excluding hydrogens is 388 g/mol. The quantitative estimate of drug-likeness (QED) is 0.800. The van der Waals surface area contributed by atoms with E-state index in [9.17, 15) is 13.2 Å². The number of thiophene rings is 1. The molecule has 1 saturated carbocycles. The number of rotatable bonds is 4. The summed E-state index contributed by atoms with van der Waals surface area (Å²) in [7, 11) is -3.81. The molecular formula is C14H21BrN2O3S2. The summed E-state index contributed by atoms with van der Waals surface area (Å²) >= 11 is 4.24. The maximum atomic E-state index is 12.2. The van der Waals surface area contributed by atoms with Gasteiger partial charge in [-0.05, 0) is 40.8 Å². The fourth-order valence-corrected chi connectivity index (χ4v) is 5.79. The lowest BCUT2D eigenvalue weighted by molar-refractivity contribution is 0.0948. The second-order valence-electron chi connectivity index (χ2n) is 5.71. The fraction of sp³-hybridized carbons (Fsp3) is 0.643. The number of hydrogen-bond acceptors (Lipinski definition) is 4. The molecule has 1 aliphatic rings. The minimum atomic E-state index is -3.81. The number of hydrogen-bond donors (Lipinski definition) is 2. The number of carbonyl (C=O) groups excluding carboxylic acids is 1. The van der Waals surface area contributed by atoms with Gasteiger partial charge in [0.25, 0.3) is 5.91 Å². The molecule has 0 spiro atoms. The van der Waals surface area contributed by atoms with E-state index in [1.807, 2.05) is 0 Å². The van der Waals surface area contributed by atoms with Crippen LogP contribution >= 0.6 is 27.3 Å². The monoisotopic (exact) mass is 408 g/mol. The molecule has 1 aromatic rings. The lowest BCUT2D eigenvalue weighted by Crippen LogP contribution is -2.29. The molecule has 2 rings (SSSR count). The fourth-order valence-electron chi connectivity index (χ4n) is 2.73. The summed E-state index contributed by atoms with van der Waals surface area (Å²) in [6, 6.07) is 1.33. The number of nitrogens with one attached hydrogen (secondary N) is 1. The summed E-state index contributed by atoms with van der Waals surface area (Å²) < 4.78 is 23.1. The van der Waals surface area contributed by atoms with Crippen molar-refractivity contribution in [1.29, 1.82) is 0 Å². The molecule has 0 aliphatic heterocycles. The highest BCUT2D eigenvalue weighted by Crippen LogP contribution is 2.31. The van der Waals surface area contributed by atoms with Crippen molar-refractivity contribution in [3.05, 3.63) is 14.7 Å². The van der Waals surface area contributed by atoms with Crippen LogP contribution in [-0.4, -0.2) is 20.9 Å². The highest BCUT2D eigenvalue weighted by atomic mass is 79.9. The molecule has 22 heavy (non-hydrogen) atoms. The van der Waals surface area contributed by atoms with Crippen molar-refractivity contribution < 1.29 is 13.2 Å². The molecule has 1 amide bonds. The molecule has 3 N–H and O–H groups in total. The van der Waals surface area contributed by atoms with E-state index in [-0.39, 0.29) is 10.8 Å². The first-order valence-corrected chi connectivity index (χ1v) is 10.6. The van der Waals surface area contributed by atoms with Crippen LogP contribution in [0, 0.1) is 5.92 Å². The smallest absolute Gasteiger partial charge is 0.261 e. The van der Waals surface area contributed by atoms with Crippen molar-refractivity contribution in [1.82, 2.24) is 5.32 Å². The summed E-state index contributed by atoms with van der Waals surface area (Å²) in [5.74, 6) is 0.285. The van der Waals surface area contributed by atoms with E-state index in [1.165, 1.54) is 38.2 Å². The second-order valence-corrected chi connectivity index (χ2v) is 9.61. The lowest BCUT2D eigenvalue weighted by Gasteiger charge is -2.19. The minimum Gasteiger partial charge on any atom is -0.351 e. The van der Waals surface area contributed by atoms with Crippen molar-refractivity contribution in [2.24, 2.45) is 11.1 Å². The minimum absolute atomic E-state index is 0.0337. The van der Waals surface area contributed by atoms with Crippen molar-refractivity contribution >= 4 is 43.2 Å². The van der Waals surface area contributed by atoms with Gasteiger partial charge in [-0.3, -0.25) is 4.79 Å². The van der Waals surface area contributed by atoms with Gasteiger partial charge in [-0.25, -0.2) is 13.6 Å². The van der Waals surface area contributed by atoms with Crippen molar-refractivity contribution in [3.8, 4) is 0 Å². The van der Waals surface area contributed by atoms with Gasteiger partial charge in [0.1, 0.15) is 4.90 Å². The van der Waals surface area contributed by atoms with Crippen LogP contribution in [0.1, 0.15) is 54.6 Å². The molecule has 1 heterocycles. The molecule has 8 heteroatoms. The van der Waals surface area contributed by atoms with E-state index >= 15 is 0 Å². The Morgan fingerprint density at radius 2 is 1.86 bits per heavy atom. The Bertz CT molecular complexity index is 620. The van der Waals surface area contributed by atoms with Crippen LogP contribution in [0.3, 0.4) is 0 Å². The van der Waals surface area contributed by atoms with Crippen LogP contribution in [0.5, 0.6) is 0 Å². The van der Waals surface area contributed by atoms with Crippen LogP contribution in [0.2, 0.25) is 0 Å². The predicted molar refractivity (Wildman–Crippen MR) is 91.5 cm³/mol. The second kappa shape index (κ2) is 7.90. The maximum Gasteiger partial charge on any atom is 0.261 e. The van der Waals surface area contributed by atoms with Gasteiger partial charge < -0.3 is 5.32 Å². The normalized spacial score (nSPS) is 17.7. The Morgan fingerprint density at radius 3 is 2.41 bits per heavy atom. The molecule has 0 unspecified atom stereocenters. The van der Waals surface area contributed by atoms with Crippen LogP contribution in [0.4, 0.5) is 0 Å². The summed E-state index contributed by atoms with van der Waals surface area (Å²) in [5.41, 5.74) is 0. The number of carbonyl (C=O) groups is 1. The molecule has 0 saturated heterocycles. The predicted octanol–water partition coefficient (Wildman–Crippen LogP) is 3.25. The first-order valence-electron chi connectivity index (χ1n) is 7.48. The molecule has 1 aliphatic carbocycles. The highest BCUT2D eigenvalue weighted by molar-refractivity contribution is 9.11. The molecule has 1 aromatic heterocycles. The molecule has 1 fully saturated rings. The van der Waals surface area contributed by atoms with Gasteiger partial charge in [0.05, 0.1) is 8.66 Å². The number of nitrogens with two attached hydrogens (primary N) is 1. The van der Waals surface area contributed by atoms with Crippen molar-refractivity contribution in [2.75, 3.05) is 6.54 Å². The Labute approximate surface area is 143 Å². The average Bonchev–Trinajstić information content (AvgIpc) is 2.79. The SMILES string of the molecule is NS(=O)(=O)c1cc(C(=O)NCC2CCCCCCC2)sc1Br. The Morgan fingerprint density at radius 1 is 1.27 bits per heavy atom. The van der Waals surface area contributed by atoms with Gasteiger partial charge in [-0.1, -0.05) is 32.1 Å². The zero-order valence-corrected chi connectivity index (χ0v) is 15.5. The van der Waals surface area contributed by atoms with Gasteiger partial charge in [0.15, 0.2) is 0 Å². The molecule has 5 nitrogen and oxygen atoms in total. The molecule has 0 atom stereocenters. The topological polar surface area (TPSA) is 89.3 Å². The Balaban J connectivity index is 1.94. The zero-order chi connectivity index (χ0) is 16.2. The first kappa shape index (κ1) is 17.9. The van der Waals surface area contributed by atoms with E-state index in [0.29, 0.717) is 21.1 Å². The van der Waals surface area contributed by atoms with Crippen LogP contribution in [0.25, 0.3) is 0 Å². The van der Waals surface area contributed by atoms with Crippen LogP contribution in [0.15, 0.2) is 14.7 Å². The standard InChI is InChI=1S/C14H21BrN2O3S2/c15-13-12(22(16,19)20)8-11(21-13)14(18)17-9-10-6-4-2-1-3-5-7-10/h8,10H,1-7,9H2,(H,17,18)(H2,16,19,20). The van der Waals surface area contributed by atoms with Gasteiger partial charge in [-0.15, -0.1) is 11.3 Å². The Kier molecular flexibility index (Phi) is 6.43. The third kappa shape index (κ3) is 5.04. The number of primary sulfonamides is 1. The van der Waals surface area contributed by atoms with Crippen molar-refractivity contribution in [2.45, 2.75) is 49.8 Å². The molecule has 0 radical (unpaired) electrons. The van der Waals surface area contributed by atoms with E-state index in [1.54, 1.807) is 0 Å². The molecule has 0 aromatic carbocycles. The van der Waals surface area contributed by atoms with Gasteiger partial charge in [-0.2, -0.15) is 0 Å². The highest BCUT2D eigenvalue weighted by Gasteiger charge is 2.21. The third-order valence-corrected chi connectivity index (χ3v) is 7.12. The third-order valence-electron chi connectivity index (χ3n) is 3.96. The van der Waals surface area contributed by atoms with Crippen molar-refractivity contribution in [3.63, 3.8) is 0 Å². The van der Waals surface area contributed by atoms with Crippen LogP contribution in [-0.2, 0) is 10.0 Å². The maximum absolute atomic E-state index is 12.2. The molecule has 124 valence electrons. The number of sulfonamides is 1. The zero-order valence-electron chi connectivity index (χ0n) is 12.3.